The van der Waals surface area contributed by atoms with Crippen LogP contribution in [0, 0.1) is 0 Å². The first-order valence-corrected chi connectivity index (χ1v) is 10.5. The molecule has 5 nitrogen and oxygen atoms in total. The van der Waals surface area contributed by atoms with Crippen LogP contribution in [0.1, 0.15) is 50.1 Å². The highest BCUT2D eigenvalue weighted by Gasteiger charge is 2.44. The maximum Gasteiger partial charge on any atom is 0.352 e. The molecule has 2 atom stereocenters. The van der Waals surface area contributed by atoms with Crippen molar-refractivity contribution in [3.8, 4) is 5.69 Å². The molecule has 5 heteroatoms. The average molecular weight is 387 g/mol. The van der Waals surface area contributed by atoms with E-state index in [4.69, 9.17) is 0 Å². The van der Waals surface area contributed by atoms with Crippen LogP contribution >= 0.6 is 0 Å². The molecule has 148 valence electrons. The molecule has 1 saturated carbocycles. The molecule has 0 radical (unpaired) electrons. The lowest BCUT2D eigenvalue weighted by molar-refractivity contribution is 0.268. The highest BCUT2D eigenvalue weighted by atomic mass is 16.2. The summed E-state index contributed by atoms with van der Waals surface area (Å²) in [5.74, 6) is 0.351. The lowest BCUT2D eigenvalue weighted by Crippen LogP contribution is -2.43. The first kappa shape index (κ1) is 18.0. The van der Waals surface area contributed by atoms with E-state index in [0.29, 0.717) is 18.2 Å². The minimum Gasteiger partial charge on any atom is -0.245 e. The van der Waals surface area contributed by atoms with E-state index >= 15 is 0 Å². The predicted octanol–water partition coefficient (Wildman–Crippen LogP) is 4.03. The van der Waals surface area contributed by atoms with Crippen molar-refractivity contribution < 1.29 is 0 Å². The summed E-state index contributed by atoms with van der Waals surface area (Å²) < 4.78 is 4.69. The van der Waals surface area contributed by atoms with E-state index in [0.717, 1.165) is 25.7 Å². The van der Waals surface area contributed by atoms with Crippen LogP contribution in [0.4, 0.5) is 0 Å². The molecular formula is C24H25N3O2. The average Bonchev–Trinajstić information content (AvgIpc) is 2.97. The zero-order valence-corrected chi connectivity index (χ0v) is 16.6. The van der Waals surface area contributed by atoms with E-state index in [1.54, 1.807) is 9.36 Å². The summed E-state index contributed by atoms with van der Waals surface area (Å²) in [6.45, 7) is 2.71. The van der Waals surface area contributed by atoms with Crippen LogP contribution in [-0.2, 0) is 6.54 Å². The molecular weight excluding hydrogens is 362 g/mol. The van der Waals surface area contributed by atoms with Gasteiger partial charge in [0.1, 0.15) is 0 Å². The van der Waals surface area contributed by atoms with Crippen molar-refractivity contribution >= 4 is 0 Å². The second-order valence-electron chi connectivity index (χ2n) is 8.02. The van der Waals surface area contributed by atoms with Crippen LogP contribution in [-0.4, -0.2) is 13.9 Å². The van der Waals surface area contributed by atoms with Crippen molar-refractivity contribution in [2.45, 2.75) is 51.1 Å². The van der Waals surface area contributed by atoms with Crippen LogP contribution in [0.25, 0.3) is 5.69 Å². The number of hydrogen-bond acceptors (Lipinski definition) is 2. The number of aromatic nitrogens is 3. The maximum atomic E-state index is 13.3. The van der Waals surface area contributed by atoms with Crippen molar-refractivity contribution in [2.24, 2.45) is 0 Å². The van der Waals surface area contributed by atoms with E-state index in [2.05, 4.69) is 31.2 Å². The van der Waals surface area contributed by atoms with Crippen molar-refractivity contribution in [3.05, 3.63) is 98.3 Å². The van der Waals surface area contributed by atoms with Gasteiger partial charge in [0.05, 0.1) is 18.3 Å². The summed E-state index contributed by atoms with van der Waals surface area (Å²) in [4.78, 5) is 26.4. The number of unbranched alkanes of at least 4 members (excludes halogenated alkanes) is 1. The van der Waals surface area contributed by atoms with E-state index < -0.39 is 0 Å². The fourth-order valence-electron chi connectivity index (χ4n) is 4.89. The quantitative estimate of drug-likeness (QED) is 0.621. The third-order valence-electron chi connectivity index (χ3n) is 6.35. The highest BCUT2D eigenvalue weighted by molar-refractivity contribution is 5.42. The predicted molar refractivity (Wildman–Crippen MR) is 114 cm³/mol. The van der Waals surface area contributed by atoms with Gasteiger partial charge in [-0.25, -0.2) is 23.5 Å². The third-order valence-corrected chi connectivity index (χ3v) is 6.35. The zero-order valence-electron chi connectivity index (χ0n) is 16.6. The van der Waals surface area contributed by atoms with Gasteiger partial charge < -0.3 is 0 Å². The molecule has 0 N–H and O–H groups in total. The number of nitrogens with zero attached hydrogens (tertiary/aromatic N) is 3. The van der Waals surface area contributed by atoms with E-state index in [9.17, 15) is 9.59 Å². The van der Waals surface area contributed by atoms with E-state index in [1.807, 2.05) is 36.4 Å². The Labute approximate surface area is 169 Å². The van der Waals surface area contributed by atoms with Crippen molar-refractivity contribution in [1.82, 2.24) is 13.9 Å². The smallest absolute Gasteiger partial charge is 0.245 e. The Morgan fingerprint density at radius 1 is 0.931 bits per heavy atom. The SMILES string of the molecule is CCCCC1=C2[C@@H](c3ccccc3)C[C@@H]2n2c(=O)n(-c3ccccc3)c(=O)n2C1. The van der Waals surface area contributed by atoms with Gasteiger partial charge >= 0.3 is 11.4 Å². The summed E-state index contributed by atoms with van der Waals surface area (Å²) in [5, 5.41) is 0. The molecule has 29 heavy (non-hydrogen) atoms. The van der Waals surface area contributed by atoms with Crippen LogP contribution in [0.3, 0.4) is 0 Å². The number of allylic oxidation sites excluding steroid dienone is 2. The highest BCUT2D eigenvalue weighted by Crippen LogP contribution is 2.53. The Hall–Kier alpha value is -3.08. The molecule has 0 spiro atoms. The van der Waals surface area contributed by atoms with Gasteiger partial charge in [-0.05, 0) is 48.1 Å². The van der Waals surface area contributed by atoms with Gasteiger partial charge in [-0.1, -0.05) is 61.9 Å². The molecule has 0 unspecified atom stereocenters. The molecule has 0 amide bonds. The van der Waals surface area contributed by atoms with Crippen molar-refractivity contribution in [2.75, 3.05) is 0 Å². The molecule has 1 fully saturated rings. The van der Waals surface area contributed by atoms with Crippen molar-refractivity contribution in [3.63, 3.8) is 0 Å². The summed E-state index contributed by atoms with van der Waals surface area (Å²) >= 11 is 0. The summed E-state index contributed by atoms with van der Waals surface area (Å²) in [5.41, 5.74) is 4.16. The summed E-state index contributed by atoms with van der Waals surface area (Å²) in [7, 11) is 0. The normalized spacial score (nSPS) is 20.2. The summed E-state index contributed by atoms with van der Waals surface area (Å²) in [6.07, 6.45) is 4.07. The Morgan fingerprint density at radius 2 is 1.62 bits per heavy atom. The van der Waals surface area contributed by atoms with Gasteiger partial charge in [0.15, 0.2) is 0 Å². The zero-order chi connectivity index (χ0) is 20.0. The lowest BCUT2D eigenvalue weighted by atomic mass is 9.67. The molecule has 0 saturated heterocycles. The molecule has 2 aromatic carbocycles. The Balaban J connectivity index is 1.62. The molecule has 2 aliphatic rings. The van der Waals surface area contributed by atoms with E-state index in [1.165, 1.54) is 21.3 Å². The van der Waals surface area contributed by atoms with Gasteiger partial charge in [0.25, 0.3) is 0 Å². The van der Waals surface area contributed by atoms with Gasteiger partial charge in [-0.2, -0.15) is 0 Å². The van der Waals surface area contributed by atoms with Crippen LogP contribution in [0.5, 0.6) is 0 Å². The Morgan fingerprint density at radius 3 is 2.31 bits per heavy atom. The topological polar surface area (TPSA) is 48.9 Å². The molecule has 1 aliphatic heterocycles. The van der Waals surface area contributed by atoms with Gasteiger partial charge in [-0.15, -0.1) is 0 Å². The molecule has 5 rings (SSSR count). The first-order valence-electron chi connectivity index (χ1n) is 10.5. The van der Waals surface area contributed by atoms with Crippen molar-refractivity contribution in [1.29, 1.82) is 0 Å². The monoisotopic (exact) mass is 387 g/mol. The standard InChI is InChI=1S/C24H25N3O2/c1-2-3-10-18-16-25-23(28)26(19-13-8-5-9-14-19)24(29)27(25)21-15-20(22(18)21)17-11-6-4-7-12-17/h4-9,11-14,20-21H,2-3,10,15-16H2,1H3/t20-,21+/m1/s1. The minimum absolute atomic E-state index is 0.00836. The second-order valence-corrected chi connectivity index (χ2v) is 8.02. The van der Waals surface area contributed by atoms with E-state index in [-0.39, 0.29) is 17.4 Å². The maximum absolute atomic E-state index is 13.3. The number of hydrogen-bond donors (Lipinski definition) is 0. The molecule has 3 aromatic rings. The van der Waals surface area contributed by atoms with Crippen LogP contribution < -0.4 is 11.4 Å². The Bertz CT molecular complexity index is 1180. The minimum atomic E-state index is -0.239. The molecule has 1 aliphatic carbocycles. The number of benzene rings is 2. The van der Waals surface area contributed by atoms with Gasteiger partial charge in [0.2, 0.25) is 0 Å². The fourth-order valence-corrected chi connectivity index (χ4v) is 4.89. The number of rotatable bonds is 5. The van der Waals surface area contributed by atoms with Crippen LogP contribution in [0.2, 0.25) is 0 Å². The molecule has 1 aromatic heterocycles. The largest absolute Gasteiger partial charge is 0.352 e. The molecule has 2 heterocycles. The van der Waals surface area contributed by atoms with Crippen LogP contribution in [0.15, 0.2) is 81.4 Å². The fraction of sp³-hybridized carbons (Fsp3) is 0.333. The Kier molecular flexibility index (Phi) is 4.38. The molecule has 0 bridgehead atoms. The second kappa shape index (κ2) is 7.07. The first-order chi connectivity index (χ1) is 14.2. The third kappa shape index (κ3) is 2.76. The van der Waals surface area contributed by atoms with Gasteiger partial charge in [-0.3, -0.25) is 0 Å². The number of fused-ring (bicyclic) bond motifs is 3. The lowest BCUT2D eigenvalue weighted by Gasteiger charge is -2.45. The van der Waals surface area contributed by atoms with Gasteiger partial charge in [0, 0.05) is 5.92 Å². The summed E-state index contributed by atoms with van der Waals surface area (Å²) in [6, 6.07) is 19.8. The number of para-hydroxylation sites is 1.